The maximum Gasteiger partial charge on any atom is 0.135 e. The quantitative estimate of drug-likeness (QED) is 0.901. The van der Waals surface area contributed by atoms with E-state index in [-0.39, 0.29) is 5.92 Å². The minimum absolute atomic E-state index is 0.255. The van der Waals surface area contributed by atoms with Crippen LogP contribution in [0.15, 0.2) is 18.2 Å². The number of hydrogen-bond acceptors (Lipinski definition) is 5. The Morgan fingerprint density at radius 1 is 1.39 bits per heavy atom. The van der Waals surface area contributed by atoms with Gasteiger partial charge in [0.25, 0.3) is 0 Å². The second-order valence-corrected chi connectivity index (χ2v) is 6.05. The molecule has 96 valence electrons. The van der Waals surface area contributed by atoms with Gasteiger partial charge in [-0.15, -0.1) is 11.3 Å². The first-order valence-electron chi connectivity index (χ1n) is 5.67. The second kappa shape index (κ2) is 5.54. The molecule has 0 spiro atoms. The number of anilines is 2. The summed E-state index contributed by atoms with van der Waals surface area (Å²) in [4.78, 5) is 9.78. The van der Waals surface area contributed by atoms with Crippen LogP contribution in [0.25, 0.3) is 0 Å². The molecule has 0 aliphatic carbocycles. The molecule has 4 nitrogen and oxygen atoms in total. The van der Waals surface area contributed by atoms with Crippen molar-refractivity contribution in [3.05, 3.63) is 33.2 Å². The number of halogens is 1. The van der Waals surface area contributed by atoms with Crippen molar-refractivity contribution in [3.63, 3.8) is 0 Å². The molecule has 0 aliphatic heterocycles. The maximum absolute atomic E-state index is 5.88. The summed E-state index contributed by atoms with van der Waals surface area (Å²) in [6.45, 7) is 4.76. The molecule has 0 bridgehead atoms. The Kier molecular flexibility index (Phi) is 4.04. The van der Waals surface area contributed by atoms with Gasteiger partial charge < -0.3 is 11.1 Å². The fraction of sp³-hybridized carbons (Fsp3) is 0.333. The molecule has 0 aromatic carbocycles. The minimum Gasteiger partial charge on any atom is -0.384 e. The largest absolute Gasteiger partial charge is 0.384 e. The lowest BCUT2D eigenvalue weighted by Crippen LogP contribution is -2.06. The highest BCUT2D eigenvalue weighted by molar-refractivity contribution is 7.16. The van der Waals surface area contributed by atoms with Gasteiger partial charge >= 0.3 is 0 Å². The van der Waals surface area contributed by atoms with Crippen molar-refractivity contribution < 1.29 is 0 Å². The van der Waals surface area contributed by atoms with Gasteiger partial charge in [0, 0.05) is 16.9 Å². The van der Waals surface area contributed by atoms with Gasteiger partial charge in [0.05, 0.1) is 10.9 Å². The minimum atomic E-state index is 0.255. The van der Waals surface area contributed by atoms with Crippen molar-refractivity contribution in [3.8, 4) is 0 Å². The molecular formula is C12H15ClN4S. The van der Waals surface area contributed by atoms with Crippen molar-refractivity contribution in [2.45, 2.75) is 26.3 Å². The van der Waals surface area contributed by atoms with Crippen LogP contribution in [0.4, 0.5) is 11.6 Å². The predicted molar refractivity (Wildman–Crippen MR) is 77.2 cm³/mol. The first kappa shape index (κ1) is 13.1. The van der Waals surface area contributed by atoms with Crippen molar-refractivity contribution in [1.82, 2.24) is 9.97 Å². The lowest BCUT2D eigenvalue weighted by Gasteiger charge is -2.09. The molecule has 0 aliphatic rings. The SMILES string of the molecule is CC(C)c1nc(N)cc(NCc2ccc(Cl)s2)n1. The van der Waals surface area contributed by atoms with Crippen molar-refractivity contribution >= 4 is 34.6 Å². The zero-order valence-corrected chi connectivity index (χ0v) is 11.8. The molecule has 0 fully saturated rings. The molecule has 18 heavy (non-hydrogen) atoms. The summed E-state index contributed by atoms with van der Waals surface area (Å²) >= 11 is 7.43. The molecule has 2 aromatic rings. The van der Waals surface area contributed by atoms with Crippen LogP contribution in [0.1, 0.15) is 30.5 Å². The molecule has 0 atom stereocenters. The van der Waals surface area contributed by atoms with Gasteiger partial charge in [-0.1, -0.05) is 25.4 Å². The summed E-state index contributed by atoms with van der Waals surface area (Å²) in [5, 5.41) is 3.23. The molecule has 0 amide bonds. The van der Waals surface area contributed by atoms with Gasteiger partial charge in [0.15, 0.2) is 0 Å². The van der Waals surface area contributed by atoms with E-state index in [1.54, 1.807) is 17.4 Å². The first-order valence-corrected chi connectivity index (χ1v) is 6.86. The Bertz CT molecular complexity index is 539. The molecule has 0 saturated carbocycles. The van der Waals surface area contributed by atoms with Crippen molar-refractivity contribution in [2.24, 2.45) is 0 Å². The molecule has 3 N–H and O–H groups in total. The van der Waals surface area contributed by atoms with Gasteiger partial charge in [-0.3, -0.25) is 0 Å². The van der Waals surface area contributed by atoms with E-state index in [1.165, 1.54) is 0 Å². The molecule has 0 radical (unpaired) electrons. The summed E-state index contributed by atoms with van der Waals surface area (Å²) in [5.74, 6) is 2.24. The van der Waals surface area contributed by atoms with Crippen LogP contribution < -0.4 is 11.1 Å². The Morgan fingerprint density at radius 2 is 2.17 bits per heavy atom. The van der Waals surface area contributed by atoms with E-state index in [9.17, 15) is 0 Å². The molecule has 0 unspecified atom stereocenters. The molecule has 6 heteroatoms. The number of nitrogens with zero attached hydrogens (tertiary/aromatic N) is 2. The summed E-state index contributed by atoms with van der Waals surface area (Å²) in [6.07, 6.45) is 0. The number of hydrogen-bond donors (Lipinski definition) is 2. The topological polar surface area (TPSA) is 63.8 Å². The monoisotopic (exact) mass is 282 g/mol. The summed E-state index contributed by atoms with van der Waals surface area (Å²) < 4.78 is 0.789. The fourth-order valence-electron chi connectivity index (χ4n) is 1.46. The third kappa shape index (κ3) is 3.34. The van der Waals surface area contributed by atoms with Crippen LogP contribution >= 0.6 is 22.9 Å². The molecule has 0 saturated heterocycles. The number of rotatable bonds is 4. The molecule has 2 aromatic heterocycles. The third-order valence-corrected chi connectivity index (χ3v) is 3.58. The highest BCUT2D eigenvalue weighted by Crippen LogP contribution is 2.22. The van der Waals surface area contributed by atoms with Gasteiger partial charge in [-0.25, -0.2) is 9.97 Å². The number of nitrogen functional groups attached to an aromatic ring is 1. The lowest BCUT2D eigenvalue weighted by atomic mass is 10.2. The number of nitrogens with one attached hydrogen (secondary N) is 1. The average Bonchev–Trinajstić information content (AvgIpc) is 2.72. The van der Waals surface area contributed by atoms with E-state index in [1.807, 2.05) is 26.0 Å². The van der Waals surface area contributed by atoms with Gasteiger partial charge in [0.1, 0.15) is 17.5 Å². The summed E-state index contributed by atoms with van der Waals surface area (Å²) in [5.41, 5.74) is 5.76. The van der Waals surface area contributed by atoms with Crippen LogP contribution in [0.2, 0.25) is 4.34 Å². The van der Waals surface area contributed by atoms with Gasteiger partial charge in [0.2, 0.25) is 0 Å². The van der Waals surface area contributed by atoms with E-state index in [0.717, 1.165) is 20.9 Å². The van der Waals surface area contributed by atoms with Crippen LogP contribution in [-0.4, -0.2) is 9.97 Å². The fourth-order valence-corrected chi connectivity index (χ4v) is 2.49. The van der Waals surface area contributed by atoms with Crippen LogP contribution in [0.5, 0.6) is 0 Å². The number of thiophene rings is 1. The van der Waals surface area contributed by atoms with Crippen LogP contribution in [-0.2, 0) is 6.54 Å². The zero-order valence-electron chi connectivity index (χ0n) is 10.3. The van der Waals surface area contributed by atoms with Crippen LogP contribution in [0, 0.1) is 0 Å². The normalized spacial score (nSPS) is 10.9. The second-order valence-electron chi connectivity index (χ2n) is 4.25. The first-order chi connectivity index (χ1) is 8.54. The lowest BCUT2D eigenvalue weighted by molar-refractivity contribution is 0.777. The van der Waals surface area contributed by atoms with Gasteiger partial charge in [-0.05, 0) is 12.1 Å². The van der Waals surface area contributed by atoms with E-state index in [4.69, 9.17) is 17.3 Å². The number of aromatic nitrogens is 2. The Labute approximate surface area is 115 Å². The highest BCUT2D eigenvalue weighted by atomic mass is 35.5. The van der Waals surface area contributed by atoms with E-state index in [2.05, 4.69) is 15.3 Å². The Morgan fingerprint density at radius 3 is 2.78 bits per heavy atom. The third-order valence-electron chi connectivity index (χ3n) is 2.35. The Balaban J connectivity index is 2.09. The standard InChI is InChI=1S/C12H15ClN4S/c1-7(2)12-16-10(14)5-11(17-12)15-6-8-3-4-9(13)18-8/h3-5,7H,6H2,1-2H3,(H3,14,15,16,17). The van der Waals surface area contributed by atoms with E-state index < -0.39 is 0 Å². The Hall–Kier alpha value is -1.33. The smallest absolute Gasteiger partial charge is 0.135 e. The molecular weight excluding hydrogens is 268 g/mol. The zero-order chi connectivity index (χ0) is 13.1. The average molecular weight is 283 g/mol. The summed E-state index contributed by atoms with van der Waals surface area (Å²) in [6, 6.07) is 5.62. The van der Waals surface area contributed by atoms with E-state index >= 15 is 0 Å². The van der Waals surface area contributed by atoms with Crippen LogP contribution in [0.3, 0.4) is 0 Å². The highest BCUT2D eigenvalue weighted by Gasteiger charge is 2.06. The van der Waals surface area contributed by atoms with Crippen molar-refractivity contribution in [2.75, 3.05) is 11.1 Å². The number of nitrogens with two attached hydrogens (primary N) is 1. The van der Waals surface area contributed by atoms with Gasteiger partial charge in [-0.2, -0.15) is 0 Å². The summed E-state index contributed by atoms with van der Waals surface area (Å²) in [7, 11) is 0. The molecule has 2 heterocycles. The predicted octanol–water partition coefficient (Wildman–Crippen LogP) is 3.51. The van der Waals surface area contributed by atoms with E-state index in [0.29, 0.717) is 12.4 Å². The maximum atomic E-state index is 5.88. The van der Waals surface area contributed by atoms with Crippen molar-refractivity contribution in [1.29, 1.82) is 0 Å². The molecule has 2 rings (SSSR count).